The molecule has 0 saturated heterocycles. The quantitative estimate of drug-likeness (QED) is 0.850. The summed E-state index contributed by atoms with van der Waals surface area (Å²) in [5, 5.41) is 3.03. The third kappa shape index (κ3) is 4.74. The van der Waals surface area contributed by atoms with Gasteiger partial charge >= 0.3 is 0 Å². The molecule has 0 spiro atoms. The molecule has 0 aromatic carbocycles. The molecule has 2 aromatic heterocycles. The number of amides is 1. The van der Waals surface area contributed by atoms with E-state index in [0.717, 1.165) is 18.5 Å². The molecule has 4 nitrogen and oxygen atoms in total. The second kappa shape index (κ2) is 7.62. The van der Waals surface area contributed by atoms with Crippen LogP contribution < -0.4 is 5.32 Å². The number of hydrogen-bond acceptors (Lipinski definition) is 2. The molecule has 2 heterocycles. The highest BCUT2D eigenvalue weighted by atomic mass is 16.2. The molecule has 1 unspecified atom stereocenters. The Balaban J connectivity index is 1.90. The Labute approximate surface area is 126 Å². The van der Waals surface area contributed by atoms with Crippen LogP contribution in [0.3, 0.4) is 0 Å². The molecule has 0 radical (unpaired) electrons. The lowest BCUT2D eigenvalue weighted by Crippen LogP contribution is -2.34. The molecule has 0 bridgehead atoms. The van der Waals surface area contributed by atoms with Crippen molar-refractivity contribution in [2.24, 2.45) is 5.92 Å². The summed E-state index contributed by atoms with van der Waals surface area (Å²) in [5.41, 5.74) is 0.999. The summed E-state index contributed by atoms with van der Waals surface area (Å²) < 4.78 is 1.98. The van der Waals surface area contributed by atoms with Crippen molar-refractivity contribution in [1.29, 1.82) is 0 Å². The summed E-state index contributed by atoms with van der Waals surface area (Å²) in [4.78, 5) is 16.7. The van der Waals surface area contributed by atoms with Crippen molar-refractivity contribution in [3.05, 3.63) is 54.6 Å². The summed E-state index contributed by atoms with van der Waals surface area (Å²) in [6, 6.07) is 9.61. The normalized spacial score (nSPS) is 12.3. The van der Waals surface area contributed by atoms with Gasteiger partial charge in [0.05, 0.1) is 0 Å². The van der Waals surface area contributed by atoms with Gasteiger partial charge in [-0.05, 0) is 36.6 Å². The number of carbonyl (C=O) groups is 1. The molecule has 0 aliphatic carbocycles. The average Bonchev–Trinajstić information content (AvgIpc) is 2.99. The second-order valence-corrected chi connectivity index (χ2v) is 5.64. The van der Waals surface area contributed by atoms with Crippen LogP contribution in [0.2, 0.25) is 0 Å². The van der Waals surface area contributed by atoms with Crippen LogP contribution in [0, 0.1) is 5.92 Å². The van der Waals surface area contributed by atoms with Crippen molar-refractivity contribution in [2.45, 2.75) is 32.7 Å². The fraction of sp³-hybridized carbons (Fsp3) is 0.412. The highest BCUT2D eigenvalue weighted by Gasteiger charge is 2.20. The molecule has 0 aliphatic rings. The molecule has 4 heteroatoms. The zero-order valence-corrected chi connectivity index (χ0v) is 12.7. The fourth-order valence-corrected chi connectivity index (χ4v) is 2.34. The minimum atomic E-state index is -0.135. The molecule has 1 atom stereocenters. The fourth-order valence-electron chi connectivity index (χ4n) is 2.34. The molecule has 2 aromatic rings. The Bertz CT molecular complexity index is 534. The standard InChI is InChI=1S/C17H23N3O/c1-14(2)13-16(20-11-5-6-12-20)17(21)19-10-8-15-7-3-4-9-18-15/h3-7,9,11-12,14,16H,8,10,13H2,1-2H3,(H,19,21). The Morgan fingerprint density at radius 2 is 2.00 bits per heavy atom. The SMILES string of the molecule is CC(C)CC(C(=O)NCCc1ccccn1)n1cccc1. The molecule has 1 N–H and O–H groups in total. The first-order valence-corrected chi connectivity index (χ1v) is 7.47. The van der Waals surface area contributed by atoms with Crippen LogP contribution in [-0.4, -0.2) is 22.0 Å². The molecule has 0 saturated carbocycles. The molecular weight excluding hydrogens is 262 g/mol. The predicted molar refractivity (Wildman–Crippen MR) is 83.9 cm³/mol. The number of nitrogens with one attached hydrogen (secondary N) is 1. The summed E-state index contributed by atoms with van der Waals surface area (Å²) in [6.45, 7) is 4.89. The first kappa shape index (κ1) is 15.3. The highest BCUT2D eigenvalue weighted by Crippen LogP contribution is 2.18. The third-order valence-electron chi connectivity index (χ3n) is 3.39. The average molecular weight is 285 g/mol. The predicted octanol–water partition coefficient (Wildman–Crippen LogP) is 2.83. The molecular formula is C17H23N3O. The Morgan fingerprint density at radius 3 is 2.62 bits per heavy atom. The zero-order chi connectivity index (χ0) is 15.1. The summed E-state index contributed by atoms with van der Waals surface area (Å²) in [6.07, 6.45) is 7.27. The topological polar surface area (TPSA) is 46.9 Å². The van der Waals surface area contributed by atoms with E-state index in [-0.39, 0.29) is 11.9 Å². The summed E-state index contributed by atoms with van der Waals surface area (Å²) in [5.74, 6) is 0.551. The van der Waals surface area contributed by atoms with E-state index in [0.29, 0.717) is 12.5 Å². The Kier molecular flexibility index (Phi) is 5.55. The molecule has 0 aliphatic heterocycles. The lowest BCUT2D eigenvalue weighted by atomic mass is 10.0. The van der Waals surface area contributed by atoms with Crippen LogP contribution >= 0.6 is 0 Å². The number of carbonyl (C=O) groups excluding carboxylic acids is 1. The second-order valence-electron chi connectivity index (χ2n) is 5.64. The third-order valence-corrected chi connectivity index (χ3v) is 3.39. The van der Waals surface area contributed by atoms with Gasteiger partial charge in [-0.1, -0.05) is 19.9 Å². The van der Waals surface area contributed by atoms with Gasteiger partial charge in [-0.25, -0.2) is 0 Å². The van der Waals surface area contributed by atoms with E-state index in [1.165, 1.54) is 0 Å². The molecule has 2 rings (SSSR count). The maximum absolute atomic E-state index is 12.4. The van der Waals surface area contributed by atoms with E-state index < -0.39 is 0 Å². The van der Waals surface area contributed by atoms with Crippen molar-refractivity contribution in [2.75, 3.05) is 6.54 Å². The molecule has 21 heavy (non-hydrogen) atoms. The monoisotopic (exact) mass is 285 g/mol. The van der Waals surface area contributed by atoms with Gasteiger partial charge in [-0.2, -0.15) is 0 Å². The van der Waals surface area contributed by atoms with Gasteiger partial charge in [0, 0.05) is 37.3 Å². The van der Waals surface area contributed by atoms with E-state index in [2.05, 4.69) is 24.1 Å². The van der Waals surface area contributed by atoms with Crippen LogP contribution in [0.25, 0.3) is 0 Å². The van der Waals surface area contributed by atoms with Crippen LogP contribution in [0.15, 0.2) is 48.9 Å². The van der Waals surface area contributed by atoms with Crippen molar-refractivity contribution in [3.8, 4) is 0 Å². The van der Waals surface area contributed by atoms with E-state index in [9.17, 15) is 4.79 Å². The molecule has 1 amide bonds. The maximum Gasteiger partial charge on any atom is 0.243 e. The van der Waals surface area contributed by atoms with Gasteiger partial charge in [0.1, 0.15) is 6.04 Å². The van der Waals surface area contributed by atoms with Crippen molar-refractivity contribution in [1.82, 2.24) is 14.9 Å². The lowest BCUT2D eigenvalue weighted by molar-refractivity contribution is -0.124. The minimum absolute atomic E-state index is 0.0795. The van der Waals surface area contributed by atoms with Crippen molar-refractivity contribution >= 4 is 5.91 Å². The summed E-state index contributed by atoms with van der Waals surface area (Å²) >= 11 is 0. The van der Waals surface area contributed by atoms with Crippen LogP contribution in [-0.2, 0) is 11.2 Å². The van der Waals surface area contributed by atoms with Crippen LogP contribution in [0.5, 0.6) is 0 Å². The number of nitrogens with zero attached hydrogens (tertiary/aromatic N) is 2. The molecule has 0 fully saturated rings. The van der Waals surface area contributed by atoms with E-state index in [1.807, 2.05) is 47.3 Å². The van der Waals surface area contributed by atoms with Crippen molar-refractivity contribution in [3.63, 3.8) is 0 Å². The van der Waals surface area contributed by atoms with E-state index in [4.69, 9.17) is 0 Å². The first-order chi connectivity index (χ1) is 10.2. The largest absolute Gasteiger partial charge is 0.354 e. The number of pyridine rings is 1. The van der Waals surface area contributed by atoms with Crippen LogP contribution in [0.1, 0.15) is 32.0 Å². The first-order valence-electron chi connectivity index (χ1n) is 7.47. The van der Waals surface area contributed by atoms with Gasteiger partial charge in [0.15, 0.2) is 0 Å². The molecule has 112 valence electrons. The Morgan fingerprint density at radius 1 is 1.24 bits per heavy atom. The van der Waals surface area contributed by atoms with Gasteiger partial charge in [0.25, 0.3) is 0 Å². The van der Waals surface area contributed by atoms with Crippen molar-refractivity contribution < 1.29 is 4.79 Å². The lowest BCUT2D eigenvalue weighted by Gasteiger charge is -2.20. The number of aromatic nitrogens is 2. The number of hydrogen-bond donors (Lipinski definition) is 1. The summed E-state index contributed by atoms with van der Waals surface area (Å²) in [7, 11) is 0. The highest BCUT2D eigenvalue weighted by molar-refractivity contribution is 5.80. The van der Waals surface area contributed by atoms with Gasteiger partial charge in [-0.3, -0.25) is 9.78 Å². The van der Waals surface area contributed by atoms with E-state index in [1.54, 1.807) is 6.20 Å². The smallest absolute Gasteiger partial charge is 0.243 e. The van der Waals surface area contributed by atoms with E-state index >= 15 is 0 Å². The maximum atomic E-state index is 12.4. The van der Waals surface area contributed by atoms with Crippen LogP contribution in [0.4, 0.5) is 0 Å². The van der Waals surface area contributed by atoms with Gasteiger partial charge < -0.3 is 9.88 Å². The van der Waals surface area contributed by atoms with Gasteiger partial charge in [0.2, 0.25) is 5.91 Å². The van der Waals surface area contributed by atoms with Gasteiger partial charge in [-0.15, -0.1) is 0 Å². The Hall–Kier alpha value is -2.10. The minimum Gasteiger partial charge on any atom is -0.354 e. The zero-order valence-electron chi connectivity index (χ0n) is 12.7. The number of rotatable bonds is 7.